The number of ether oxygens (including phenoxy) is 2. The van der Waals surface area contributed by atoms with Crippen molar-refractivity contribution >= 4 is 5.91 Å². The van der Waals surface area contributed by atoms with Crippen LogP contribution in [0.2, 0.25) is 0 Å². The fraction of sp³-hybridized carbons (Fsp3) is 0.625. The molecule has 0 aromatic heterocycles. The molecule has 2 heterocycles. The minimum atomic E-state index is -0.558. The van der Waals surface area contributed by atoms with Crippen molar-refractivity contribution in [2.24, 2.45) is 17.3 Å². The van der Waals surface area contributed by atoms with Crippen LogP contribution in [0.3, 0.4) is 0 Å². The molecule has 1 aromatic carbocycles. The van der Waals surface area contributed by atoms with E-state index < -0.39 is 5.41 Å². The summed E-state index contributed by atoms with van der Waals surface area (Å²) in [6.07, 6.45) is 9.93. The SMILES string of the molecule is CN(O)C(=O)C(C)(C)CC/C=C\C[C@@H]1[C@H](COCc2ccccc2)[C@@H]2CC[C@H]1O2. The van der Waals surface area contributed by atoms with Gasteiger partial charge < -0.3 is 9.47 Å². The van der Waals surface area contributed by atoms with Crippen LogP contribution in [-0.2, 0) is 20.9 Å². The molecule has 0 saturated carbocycles. The Bertz CT molecular complexity index is 685. The van der Waals surface area contributed by atoms with Gasteiger partial charge in [0.15, 0.2) is 0 Å². The predicted molar refractivity (Wildman–Crippen MR) is 112 cm³/mol. The minimum absolute atomic E-state index is 0.247. The molecule has 2 fully saturated rings. The van der Waals surface area contributed by atoms with Gasteiger partial charge in [0.05, 0.1) is 25.4 Å². The van der Waals surface area contributed by atoms with Crippen LogP contribution in [0.4, 0.5) is 0 Å². The maximum Gasteiger partial charge on any atom is 0.251 e. The summed E-state index contributed by atoms with van der Waals surface area (Å²) in [4.78, 5) is 12.0. The largest absolute Gasteiger partial charge is 0.376 e. The van der Waals surface area contributed by atoms with Crippen molar-refractivity contribution in [3.05, 3.63) is 48.0 Å². The number of hydrogen-bond donors (Lipinski definition) is 1. The Kier molecular flexibility index (Phi) is 7.49. The van der Waals surface area contributed by atoms with E-state index in [1.165, 1.54) is 12.6 Å². The first-order valence-electron chi connectivity index (χ1n) is 10.8. The van der Waals surface area contributed by atoms with E-state index in [2.05, 4.69) is 24.3 Å². The van der Waals surface area contributed by atoms with Gasteiger partial charge in [-0.1, -0.05) is 56.3 Å². The molecule has 3 rings (SSSR count). The van der Waals surface area contributed by atoms with Gasteiger partial charge in [-0.3, -0.25) is 10.0 Å². The van der Waals surface area contributed by atoms with E-state index in [9.17, 15) is 10.0 Å². The fourth-order valence-corrected chi connectivity index (χ4v) is 4.68. The quantitative estimate of drug-likeness (QED) is 0.354. The highest BCUT2D eigenvalue weighted by Crippen LogP contribution is 2.45. The van der Waals surface area contributed by atoms with E-state index in [0.29, 0.717) is 42.1 Å². The van der Waals surface area contributed by atoms with Crippen molar-refractivity contribution in [1.82, 2.24) is 5.06 Å². The Labute approximate surface area is 174 Å². The van der Waals surface area contributed by atoms with Gasteiger partial charge in [-0.05, 0) is 43.6 Å². The maximum absolute atomic E-state index is 12.0. The Balaban J connectivity index is 1.45. The molecule has 2 aliphatic heterocycles. The van der Waals surface area contributed by atoms with Crippen LogP contribution >= 0.6 is 0 Å². The lowest BCUT2D eigenvalue weighted by Crippen LogP contribution is -2.36. The molecular weight excluding hydrogens is 366 g/mol. The molecule has 0 radical (unpaired) electrons. The number of nitrogens with zero attached hydrogens (tertiary/aromatic N) is 1. The van der Waals surface area contributed by atoms with E-state index >= 15 is 0 Å². The number of allylic oxidation sites excluding steroid dienone is 2. The Morgan fingerprint density at radius 2 is 1.90 bits per heavy atom. The zero-order valence-electron chi connectivity index (χ0n) is 17.9. The Morgan fingerprint density at radius 1 is 1.21 bits per heavy atom. The summed E-state index contributed by atoms with van der Waals surface area (Å²) < 4.78 is 12.2. The number of rotatable bonds is 10. The average molecular weight is 402 g/mol. The Morgan fingerprint density at radius 3 is 2.59 bits per heavy atom. The van der Waals surface area contributed by atoms with E-state index in [-0.39, 0.29) is 5.91 Å². The number of amides is 1. The van der Waals surface area contributed by atoms with Gasteiger partial charge in [-0.2, -0.15) is 0 Å². The summed E-state index contributed by atoms with van der Waals surface area (Å²) in [6, 6.07) is 10.3. The molecule has 0 spiro atoms. The molecule has 0 aliphatic carbocycles. The lowest BCUT2D eigenvalue weighted by molar-refractivity contribution is -0.169. The third-order valence-electron chi connectivity index (χ3n) is 6.40. The zero-order chi connectivity index (χ0) is 20.9. The third-order valence-corrected chi connectivity index (χ3v) is 6.40. The van der Waals surface area contributed by atoms with Crippen LogP contribution in [0.25, 0.3) is 0 Å². The van der Waals surface area contributed by atoms with Crippen molar-refractivity contribution in [3.63, 3.8) is 0 Å². The van der Waals surface area contributed by atoms with Gasteiger partial charge in [0.25, 0.3) is 5.91 Å². The van der Waals surface area contributed by atoms with Crippen molar-refractivity contribution in [3.8, 4) is 0 Å². The first kappa shape index (κ1) is 22.0. The number of fused-ring (bicyclic) bond motifs is 2. The number of hydrogen-bond acceptors (Lipinski definition) is 4. The van der Waals surface area contributed by atoms with Crippen LogP contribution in [0.5, 0.6) is 0 Å². The Hall–Kier alpha value is -1.69. The summed E-state index contributed by atoms with van der Waals surface area (Å²) in [6.45, 7) is 5.15. The number of carbonyl (C=O) groups is 1. The standard InChI is InChI=1S/C24H35NO4/c1-24(2,23(26)25(3)27)15-9-5-8-12-19-20(22-14-13-21(19)29-22)17-28-16-18-10-6-4-7-11-18/h4-8,10-11,19-22,27H,9,12-17H2,1-3H3/b8-5-/t19-,20+,21-,22+/m1/s1. The molecule has 5 nitrogen and oxygen atoms in total. The molecular formula is C24H35NO4. The third kappa shape index (κ3) is 5.68. The van der Waals surface area contributed by atoms with Gasteiger partial charge in [0.2, 0.25) is 0 Å². The van der Waals surface area contributed by atoms with Gasteiger partial charge in [0, 0.05) is 18.4 Å². The molecule has 2 saturated heterocycles. The second-order valence-corrected chi connectivity index (χ2v) is 9.08. The highest BCUT2D eigenvalue weighted by molar-refractivity contribution is 5.80. The summed E-state index contributed by atoms with van der Waals surface area (Å²) >= 11 is 0. The van der Waals surface area contributed by atoms with Gasteiger partial charge in [-0.15, -0.1) is 0 Å². The first-order chi connectivity index (χ1) is 13.9. The first-order valence-corrected chi connectivity index (χ1v) is 10.8. The molecule has 2 aliphatic rings. The second kappa shape index (κ2) is 9.88. The highest BCUT2D eigenvalue weighted by Gasteiger charge is 2.48. The van der Waals surface area contributed by atoms with Gasteiger partial charge in [-0.25, -0.2) is 5.06 Å². The lowest BCUT2D eigenvalue weighted by atomic mass is 9.78. The van der Waals surface area contributed by atoms with Crippen LogP contribution in [0.1, 0.15) is 51.5 Å². The molecule has 4 atom stereocenters. The monoisotopic (exact) mass is 401 g/mol. The molecule has 0 unspecified atom stereocenters. The molecule has 5 heteroatoms. The van der Waals surface area contributed by atoms with Crippen molar-refractivity contribution in [2.45, 2.75) is 64.8 Å². The summed E-state index contributed by atoms with van der Waals surface area (Å²) in [5.41, 5.74) is 0.649. The number of benzene rings is 1. The van der Waals surface area contributed by atoms with Gasteiger partial charge >= 0.3 is 0 Å². The molecule has 160 valence electrons. The van der Waals surface area contributed by atoms with E-state index in [1.807, 2.05) is 32.0 Å². The summed E-state index contributed by atoms with van der Waals surface area (Å²) in [5.74, 6) is 0.727. The zero-order valence-corrected chi connectivity index (χ0v) is 17.9. The van der Waals surface area contributed by atoms with Crippen LogP contribution < -0.4 is 0 Å². The average Bonchev–Trinajstić information content (AvgIpc) is 3.30. The normalized spacial score (nSPS) is 26.3. The summed E-state index contributed by atoms with van der Waals surface area (Å²) in [5, 5.41) is 10.1. The van der Waals surface area contributed by atoms with E-state index in [1.54, 1.807) is 0 Å². The number of carbonyl (C=O) groups excluding carboxylic acids is 1. The number of hydroxylamine groups is 2. The van der Waals surface area contributed by atoms with Crippen LogP contribution in [-0.4, -0.2) is 42.0 Å². The fourth-order valence-electron chi connectivity index (χ4n) is 4.68. The van der Waals surface area contributed by atoms with Crippen molar-refractivity contribution < 1.29 is 19.5 Å². The van der Waals surface area contributed by atoms with Gasteiger partial charge in [0.1, 0.15) is 0 Å². The molecule has 29 heavy (non-hydrogen) atoms. The summed E-state index contributed by atoms with van der Waals surface area (Å²) in [7, 11) is 1.38. The van der Waals surface area contributed by atoms with Crippen LogP contribution in [0, 0.1) is 17.3 Å². The maximum atomic E-state index is 12.0. The van der Waals surface area contributed by atoms with E-state index in [4.69, 9.17) is 9.47 Å². The molecule has 1 amide bonds. The highest BCUT2D eigenvalue weighted by atomic mass is 16.5. The molecule has 1 aromatic rings. The van der Waals surface area contributed by atoms with Crippen LogP contribution in [0.15, 0.2) is 42.5 Å². The predicted octanol–water partition coefficient (Wildman–Crippen LogP) is 4.60. The lowest BCUT2D eigenvalue weighted by Gasteiger charge is -2.27. The van der Waals surface area contributed by atoms with E-state index in [0.717, 1.165) is 32.3 Å². The second-order valence-electron chi connectivity index (χ2n) is 9.08. The van der Waals surface area contributed by atoms with Crippen molar-refractivity contribution in [1.29, 1.82) is 0 Å². The molecule has 2 bridgehead atoms. The molecule has 1 N–H and O–H groups in total. The topological polar surface area (TPSA) is 59.0 Å². The van der Waals surface area contributed by atoms with Crippen molar-refractivity contribution in [2.75, 3.05) is 13.7 Å². The smallest absolute Gasteiger partial charge is 0.251 e. The minimum Gasteiger partial charge on any atom is -0.376 e.